The molecule has 378 valence electrons. The topological polar surface area (TPSA) is 315 Å². The first kappa shape index (κ1) is 50.9. The van der Waals surface area contributed by atoms with Crippen molar-refractivity contribution in [2.45, 2.75) is 204 Å². The summed E-state index contributed by atoms with van der Waals surface area (Å²) in [4.78, 5) is 12.3. The molecule has 0 radical (unpaired) electrons. The van der Waals surface area contributed by atoms with Gasteiger partial charge in [-0.25, -0.2) is 4.79 Å². The van der Waals surface area contributed by atoms with Gasteiger partial charge in [-0.2, -0.15) is 0 Å². The quantitative estimate of drug-likeness (QED) is 0.100. The summed E-state index contributed by atoms with van der Waals surface area (Å²) in [6, 6.07) is 0. The van der Waals surface area contributed by atoms with Gasteiger partial charge in [-0.3, -0.25) is 0 Å². The highest BCUT2D eigenvalue weighted by Gasteiger charge is 2.71. The Bertz CT molecular complexity index is 1820. The molecule has 19 heteroatoms. The minimum atomic E-state index is -2.01. The number of rotatable bonds is 9. The van der Waals surface area contributed by atoms with Gasteiger partial charge in [0.25, 0.3) is 0 Å². The molecule has 8 aliphatic rings. The molecule has 25 unspecified atom stereocenters. The first-order valence-electron chi connectivity index (χ1n) is 23.9. The molecule has 7 fully saturated rings. The standard InChI is InChI=1S/C47H76O19/c1-42(2)16-21-20-8-9-25-44(4)12-11-26(63-41-35(31(55)30(54)34(64-41)38(59)60)65-40-33(57)29(53)28(52)23(17-48)62-40)45(5,19-49)24(44)10-13-47(25,7)46(20,6)15-14-43(21,3)37(36(42)58)66-39-32(56)27(51)22(50)18-61-39/h8,21-37,39-41,48-58H,9-19H2,1-7H3,(H,59,60). The SMILES string of the molecule is CC1(C)CC2C3=CCC4C5(C)CCC(OC6OC(C(=O)O)C(O)C(O)C6OC6OC(CO)C(O)C(O)C6O)C(C)(CO)C5CCC4(C)C3(C)CCC2(C)C(OC2OCC(O)C(O)C2O)C1O. The smallest absolute Gasteiger partial charge is 0.335 e. The Morgan fingerprint density at radius 1 is 0.697 bits per heavy atom. The van der Waals surface area contributed by atoms with E-state index in [9.17, 15) is 66.1 Å². The van der Waals surface area contributed by atoms with Crippen molar-refractivity contribution >= 4 is 5.97 Å². The largest absolute Gasteiger partial charge is 0.479 e. The fraction of sp³-hybridized carbons (Fsp3) is 0.936. The summed E-state index contributed by atoms with van der Waals surface area (Å²) in [5.41, 5.74) is -1.56. The number of aliphatic hydroxyl groups excluding tert-OH is 11. The summed E-state index contributed by atoms with van der Waals surface area (Å²) >= 11 is 0. The summed E-state index contributed by atoms with van der Waals surface area (Å²) in [5, 5.41) is 129. The molecule has 0 aromatic carbocycles. The van der Waals surface area contributed by atoms with Crippen LogP contribution in [-0.2, 0) is 33.2 Å². The highest BCUT2D eigenvalue weighted by molar-refractivity contribution is 5.73. The highest BCUT2D eigenvalue weighted by Crippen LogP contribution is 2.76. The lowest BCUT2D eigenvalue weighted by molar-refractivity contribution is -0.375. The van der Waals surface area contributed by atoms with Crippen LogP contribution in [0.3, 0.4) is 0 Å². The molecule has 25 atom stereocenters. The maximum absolute atomic E-state index is 12.3. The maximum Gasteiger partial charge on any atom is 0.335 e. The molecule has 8 rings (SSSR count). The molecule has 0 amide bonds. The molecule has 3 aliphatic heterocycles. The second-order valence-corrected chi connectivity index (χ2v) is 23.2. The van der Waals surface area contributed by atoms with Crippen molar-refractivity contribution < 1.29 is 94.5 Å². The molecule has 0 bridgehead atoms. The highest BCUT2D eigenvalue weighted by atomic mass is 16.8. The van der Waals surface area contributed by atoms with Gasteiger partial charge < -0.3 is 89.7 Å². The fourth-order valence-corrected chi connectivity index (χ4v) is 14.9. The number of hydrogen-bond acceptors (Lipinski definition) is 18. The lowest BCUT2D eigenvalue weighted by atomic mass is 9.33. The minimum Gasteiger partial charge on any atom is -0.479 e. The van der Waals surface area contributed by atoms with Crippen LogP contribution in [0.15, 0.2) is 11.6 Å². The summed E-state index contributed by atoms with van der Waals surface area (Å²) in [6.45, 7) is 13.9. The van der Waals surface area contributed by atoms with Crippen LogP contribution in [0.2, 0.25) is 0 Å². The van der Waals surface area contributed by atoms with Crippen LogP contribution < -0.4 is 0 Å². The average Bonchev–Trinajstić information content (AvgIpc) is 3.26. The van der Waals surface area contributed by atoms with Gasteiger partial charge in [-0.05, 0) is 90.8 Å². The zero-order chi connectivity index (χ0) is 48.4. The number of fused-ring (bicyclic) bond motifs is 7. The van der Waals surface area contributed by atoms with E-state index in [1.807, 2.05) is 20.8 Å². The van der Waals surface area contributed by atoms with E-state index in [1.54, 1.807) is 0 Å². The van der Waals surface area contributed by atoms with Crippen LogP contribution in [0.4, 0.5) is 0 Å². The van der Waals surface area contributed by atoms with Crippen LogP contribution >= 0.6 is 0 Å². The van der Waals surface area contributed by atoms with Crippen LogP contribution in [0.25, 0.3) is 0 Å². The van der Waals surface area contributed by atoms with Crippen molar-refractivity contribution in [2.24, 2.45) is 50.2 Å². The Labute approximate surface area is 385 Å². The zero-order valence-electron chi connectivity index (χ0n) is 39.1. The van der Waals surface area contributed by atoms with Crippen LogP contribution in [0, 0.1) is 50.2 Å². The van der Waals surface area contributed by atoms with Gasteiger partial charge in [0, 0.05) is 10.8 Å². The summed E-state index contributed by atoms with van der Waals surface area (Å²) in [5.74, 6) is -1.54. The van der Waals surface area contributed by atoms with E-state index in [2.05, 4.69) is 33.8 Å². The fourth-order valence-electron chi connectivity index (χ4n) is 14.9. The Morgan fingerprint density at radius 3 is 2.03 bits per heavy atom. The number of ether oxygens (including phenoxy) is 6. The average molecular weight is 945 g/mol. The minimum absolute atomic E-state index is 0.00294. The van der Waals surface area contributed by atoms with Crippen LogP contribution in [0.5, 0.6) is 0 Å². The molecule has 0 aromatic heterocycles. The van der Waals surface area contributed by atoms with Crippen LogP contribution in [0.1, 0.15) is 99.8 Å². The molecule has 19 nitrogen and oxygen atoms in total. The Balaban J connectivity index is 1.06. The number of allylic oxidation sites excluding steroid dienone is 2. The van der Waals surface area contributed by atoms with Crippen molar-refractivity contribution in [3.8, 4) is 0 Å². The van der Waals surface area contributed by atoms with Crippen molar-refractivity contribution in [2.75, 3.05) is 19.8 Å². The Kier molecular flexibility index (Phi) is 13.6. The number of aliphatic hydroxyl groups is 11. The number of carbonyl (C=O) groups is 1. The van der Waals surface area contributed by atoms with E-state index < -0.39 is 133 Å². The molecule has 3 saturated heterocycles. The molecule has 0 aromatic rings. The lowest BCUT2D eigenvalue weighted by Gasteiger charge is -2.72. The van der Waals surface area contributed by atoms with Gasteiger partial charge in [-0.1, -0.05) is 60.1 Å². The van der Waals surface area contributed by atoms with Gasteiger partial charge in [0.05, 0.1) is 38.1 Å². The molecular formula is C47H76O19. The summed E-state index contributed by atoms with van der Waals surface area (Å²) < 4.78 is 36.2. The van der Waals surface area contributed by atoms with E-state index in [1.165, 1.54) is 5.57 Å². The second-order valence-electron chi connectivity index (χ2n) is 23.2. The molecule has 12 N–H and O–H groups in total. The number of hydrogen-bond donors (Lipinski definition) is 12. The molecule has 66 heavy (non-hydrogen) atoms. The van der Waals surface area contributed by atoms with E-state index in [0.29, 0.717) is 32.1 Å². The van der Waals surface area contributed by atoms with Gasteiger partial charge in [0.1, 0.15) is 61.0 Å². The zero-order valence-corrected chi connectivity index (χ0v) is 39.1. The van der Waals surface area contributed by atoms with Crippen molar-refractivity contribution in [1.82, 2.24) is 0 Å². The molecule has 0 spiro atoms. The van der Waals surface area contributed by atoms with E-state index >= 15 is 0 Å². The Morgan fingerprint density at radius 2 is 1.38 bits per heavy atom. The molecular weight excluding hydrogens is 868 g/mol. The number of carboxylic acid groups (broad SMARTS) is 1. The second kappa shape index (κ2) is 17.7. The number of aliphatic carboxylic acids is 1. The third kappa shape index (κ3) is 7.60. The monoisotopic (exact) mass is 944 g/mol. The van der Waals surface area contributed by atoms with Gasteiger partial charge >= 0.3 is 5.97 Å². The number of carboxylic acids is 1. The van der Waals surface area contributed by atoms with Gasteiger partial charge in [0.2, 0.25) is 0 Å². The van der Waals surface area contributed by atoms with E-state index in [-0.39, 0.29) is 47.2 Å². The first-order chi connectivity index (χ1) is 30.7. The van der Waals surface area contributed by atoms with Gasteiger partial charge in [-0.15, -0.1) is 0 Å². The van der Waals surface area contributed by atoms with E-state index in [4.69, 9.17) is 28.4 Å². The molecule has 5 aliphatic carbocycles. The lowest BCUT2D eigenvalue weighted by Crippen LogP contribution is -2.69. The third-order valence-corrected chi connectivity index (χ3v) is 19.4. The van der Waals surface area contributed by atoms with Gasteiger partial charge in [0.15, 0.2) is 25.0 Å². The van der Waals surface area contributed by atoms with Crippen molar-refractivity contribution in [3.05, 3.63) is 11.6 Å². The Hall–Kier alpha value is -1.47. The third-order valence-electron chi connectivity index (χ3n) is 19.4. The van der Waals surface area contributed by atoms with Crippen LogP contribution in [-0.4, -0.2) is 191 Å². The van der Waals surface area contributed by atoms with E-state index in [0.717, 1.165) is 19.3 Å². The normalized spacial score (nSPS) is 55.9. The van der Waals surface area contributed by atoms with Crippen molar-refractivity contribution in [3.63, 3.8) is 0 Å². The summed E-state index contributed by atoms with van der Waals surface area (Å²) in [6.07, 6.45) is -17.8. The first-order valence-corrected chi connectivity index (χ1v) is 23.9. The molecule has 3 heterocycles. The predicted molar refractivity (Wildman–Crippen MR) is 227 cm³/mol. The predicted octanol–water partition coefficient (Wildman–Crippen LogP) is -0.713. The van der Waals surface area contributed by atoms with Crippen molar-refractivity contribution in [1.29, 1.82) is 0 Å². The summed E-state index contributed by atoms with van der Waals surface area (Å²) in [7, 11) is 0. The molecule has 4 saturated carbocycles. The maximum atomic E-state index is 12.3.